The molecular weight excluding hydrogens is 516 g/mol. The van der Waals surface area contributed by atoms with Gasteiger partial charge in [0.15, 0.2) is 5.82 Å². The highest BCUT2D eigenvalue weighted by Gasteiger charge is 2.23. The number of carbonyl (C=O) groups excluding carboxylic acids is 1. The Hall–Kier alpha value is -4.62. The Labute approximate surface area is 242 Å². The predicted octanol–water partition coefficient (Wildman–Crippen LogP) is 5.59. The monoisotopic (exact) mass is 554 g/mol. The zero-order valence-electron chi connectivity index (χ0n) is 24.4. The van der Waals surface area contributed by atoms with Crippen LogP contribution < -0.4 is 25.6 Å². The van der Waals surface area contributed by atoms with Gasteiger partial charge in [-0.3, -0.25) is 4.79 Å². The fraction of sp³-hybridized carbons (Fsp3) is 0.355. The number of anilines is 6. The molecule has 0 atom stereocenters. The smallest absolute Gasteiger partial charge is 0.247 e. The summed E-state index contributed by atoms with van der Waals surface area (Å²) >= 11 is 0. The minimum Gasteiger partial charge on any atom is -0.489 e. The average molecular weight is 555 g/mol. The van der Waals surface area contributed by atoms with Crippen LogP contribution >= 0.6 is 0 Å². The topological polar surface area (TPSA) is 118 Å². The molecule has 41 heavy (non-hydrogen) atoms. The van der Waals surface area contributed by atoms with Crippen LogP contribution in [0.25, 0.3) is 0 Å². The van der Waals surface area contributed by atoms with Gasteiger partial charge in [-0.05, 0) is 83.6 Å². The molecule has 1 aliphatic heterocycles. The van der Waals surface area contributed by atoms with Crippen molar-refractivity contribution >= 4 is 40.4 Å². The van der Waals surface area contributed by atoms with Crippen LogP contribution in [-0.4, -0.2) is 60.1 Å². The zero-order valence-corrected chi connectivity index (χ0v) is 24.4. The zero-order chi connectivity index (χ0) is 29.5. The SMILES string of the molecule is C=CC(=O)Nc1cc(N2CCC(N(C)C)CC2)c(C)cc1Nc1ncc(C#N)c(Nc2ccccc2OC(C)C)n1. The maximum Gasteiger partial charge on any atom is 0.247 e. The van der Waals surface area contributed by atoms with Gasteiger partial charge in [-0.2, -0.15) is 10.2 Å². The summed E-state index contributed by atoms with van der Waals surface area (Å²) < 4.78 is 5.91. The molecule has 1 saturated heterocycles. The largest absolute Gasteiger partial charge is 0.489 e. The first-order valence-corrected chi connectivity index (χ1v) is 13.7. The molecule has 3 aromatic rings. The first-order chi connectivity index (χ1) is 19.7. The molecule has 1 fully saturated rings. The highest BCUT2D eigenvalue weighted by atomic mass is 16.5. The molecule has 214 valence electrons. The van der Waals surface area contributed by atoms with Gasteiger partial charge < -0.3 is 30.5 Å². The summed E-state index contributed by atoms with van der Waals surface area (Å²) in [6, 6.07) is 14.2. The highest BCUT2D eigenvalue weighted by Crippen LogP contribution is 2.35. The maximum absolute atomic E-state index is 12.4. The molecule has 0 bridgehead atoms. The number of ether oxygens (including phenoxy) is 1. The molecule has 10 nitrogen and oxygen atoms in total. The molecule has 2 aromatic carbocycles. The summed E-state index contributed by atoms with van der Waals surface area (Å²) in [5.41, 5.74) is 4.30. The Morgan fingerprint density at radius 3 is 2.56 bits per heavy atom. The van der Waals surface area contributed by atoms with Crippen molar-refractivity contribution in [2.45, 2.75) is 45.8 Å². The van der Waals surface area contributed by atoms with Gasteiger partial charge >= 0.3 is 0 Å². The third-order valence-corrected chi connectivity index (χ3v) is 6.97. The number of amides is 1. The van der Waals surface area contributed by atoms with Crippen molar-refractivity contribution in [3.63, 3.8) is 0 Å². The summed E-state index contributed by atoms with van der Waals surface area (Å²) in [6.07, 6.45) is 4.82. The van der Waals surface area contributed by atoms with E-state index in [-0.39, 0.29) is 23.5 Å². The molecule has 3 N–H and O–H groups in total. The number of aryl methyl sites for hydroxylation is 1. The van der Waals surface area contributed by atoms with Crippen LogP contribution in [0.2, 0.25) is 0 Å². The van der Waals surface area contributed by atoms with E-state index < -0.39 is 0 Å². The quantitative estimate of drug-likeness (QED) is 0.276. The standard InChI is InChI=1S/C31H38N8O2/c1-7-29(40)34-26-17-27(39-14-12-23(13-15-39)38(5)6)21(4)16-25(26)36-31-33-19-22(18-32)30(37-31)35-24-10-8-9-11-28(24)41-20(2)3/h7-11,16-17,19-20,23H,1,12-15H2,2-6H3,(H,34,40)(H2,33,35,36,37). The molecule has 4 rings (SSSR count). The van der Waals surface area contributed by atoms with Crippen LogP contribution in [0.15, 0.2) is 55.3 Å². The van der Waals surface area contributed by atoms with E-state index >= 15 is 0 Å². The van der Waals surface area contributed by atoms with Crippen LogP contribution in [0, 0.1) is 18.3 Å². The molecule has 0 saturated carbocycles. The van der Waals surface area contributed by atoms with Gasteiger partial charge in [0, 0.05) is 24.8 Å². The first-order valence-electron chi connectivity index (χ1n) is 13.7. The summed E-state index contributed by atoms with van der Waals surface area (Å²) in [5.74, 6) is 0.925. The van der Waals surface area contributed by atoms with Crippen LogP contribution in [-0.2, 0) is 4.79 Å². The second-order valence-corrected chi connectivity index (χ2v) is 10.5. The number of hydrogen-bond acceptors (Lipinski definition) is 9. The lowest BCUT2D eigenvalue weighted by Crippen LogP contribution is -2.42. The van der Waals surface area contributed by atoms with Crippen molar-refractivity contribution in [3.8, 4) is 11.8 Å². The summed E-state index contributed by atoms with van der Waals surface area (Å²) in [7, 11) is 4.25. The lowest BCUT2D eigenvalue weighted by atomic mass is 10.0. The van der Waals surface area contributed by atoms with E-state index in [2.05, 4.69) is 69.4 Å². The number of nitrogens with zero attached hydrogens (tertiary/aromatic N) is 5. The Balaban J connectivity index is 1.64. The summed E-state index contributed by atoms with van der Waals surface area (Å²) in [4.78, 5) is 26.0. The van der Waals surface area contributed by atoms with E-state index in [1.807, 2.05) is 50.2 Å². The molecule has 10 heteroatoms. The number of nitriles is 1. The minimum absolute atomic E-state index is 0.0224. The molecule has 1 aromatic heterocycles. The fourth-order valence-electron chi connectivity index (χ4n) is 4.84. The van der Waals surface area contributed by atoms with Crippen molar-refractivity contribution in [2.24, 2.45) is 0 Å². The molecule has 2 heterocycles. The third-order valence-electron chi connectivity index (χ3n) is 6.97. The Bertz CT molecular complexity index is 1440. The van der Waals surface area contributed by atoms with Gasteiger partial charge in [0.05, 0.1) is 29.4 Å². The van der Waals surface area contributed by atoms with Crippen LogP contribution in [0.1, 0.15) is 37.8 Å². The Morgan fingerprint density at radius 2 is 1.90 bits per heavy atom. The second-order valence-electron chi connectivity index (χ2n) is 10.5. The minimum atomic E-state index is -0.320. The predicted molar refractivity (Wildman–Crippen MR) is 164 cm³/mol. The Kier molecular flexibility index (Phi) is 9.42. The molecule has 0 unspecified atom stereocenters. The molecule has 1 aliphatic rings. The molecule has 0 aliphatic carbocycles. The number of piperidine rings is 1. The van der Waals surface area contributed by atoms with Gasteiger partial charge in [-0.25, -0.2) is 4.98 Å². The third kappa shape index (κ3) is 7.32. The second kappa shape index (κ2) is 13.2. The Morgan fingerprint density at radius 1 is 1.17 bits per heavy atom. The van der Waals surface area contributed by atoms with Gasteiger partial charge in [0.1, 0.15) is 17.4 Å². The number of rotatable bonds is 10. The highest BCUT2D eigenvalue weighted by molar-refractivity contribution is 6.02. The van der Waals surface area contributed by atoms with E-state index in [4.69, 9.17) is 4.74 Å². The van der Waals surface area contributed by atoms with E-state index in [0.29, 0.717) is 34.7 Å². The molecular formula is C31H38N8O2. The number of para-hydroxylation sites is 2. The first kappa shape index (κ1) is 29.4. The van der Waals surface area contributed by atoms with Gasteiger partial charge in [0.2, 0.25) is 11.9 Å². The maximum atomic E-state index is 12.4. The molecule has 0 radical (unpaired) electrons. The lowest BCUT2D eigenvalue weighted by molar-refractivity contribution is -0.111. The average Bonchev–Trinajstić information content (AvgIpc) is 2.95. The van der Waals surface area contributed by atoms with Crippen molar-refractivity contribution in [1.82, 2.24) is 14.9 Å². The van der Waals surface area contributed by atoms with Crippen molar-refractivity contribution in [2.75, 3.05) is 48.0 Å². The van der Waals surface area contributed by atoms with Crippen LogP contribution in [0.5, 0.6) is 5.75 Å². The van der Waals surface area contributed by atoms with Gasteiger partial charge in [0.25, 0.3) is 0 Å². The van der Waals surface area contributed by atoms with E-state index in [0.717, 1.165) is 37.2 Å². The molecule has 0 spiro atoms. The van der Waals surface area contributed by atoms with E-state index in [9.17, 15) is 10.1 Å². The van der Waals surface area contributed by atoms with E-state index in [1.165, 1.54) is 12.3 Å². The number of benzene rings is 2. The van der Waals surface area contributed by atoms with Gasteiger partial charge in [-0.1, -0.05) is 18.7 Å². The normalized spacial score (nSPS) is 13.6. The van der Waals surface area contributed by atoms with E-state index in [1.54, 1.807) is 0 Å². The number of aromatic nitrogens is 2. The summed E-state index contributed by atoms with van der Waals surface area (Å²) in [6.45, 7) is 11.4. The number of carbonyl (C=O) groups is 1. The van der Waals surface area contributed by atoms with Crippen molar-refractivity contribution in [1.29, 1.82) is 5.26 Å². The van der Waals surface area contributed by atoms with Crippen molar-refractivity contribution < 1.29 is 9.53 Å². The number of nitrogens with one attached hydrogen (secondary N) is 3. The molecule has 1 amide bonds. The van der Waals surface area contributed by atoms with Gasteiger partial charge in [-0.15, -0.1) is 0 Å². The summed E-state index contributed by atoms with van der Waals surface area (Å²) in [5, 5.41) is 19.1. The van der Waals surface area contributed by atoms with Crippen LogP contribution in [0.3, 0.4) is 0 Å². The fourth-order valence-corrected chi connectivity index (χ4v) is 4.84. The van der Waals surface area contributed by atoms with Crippen molar-refractivity contribution in [3.05, 3.63) is 66.4 Å². The lowest BCUT2D eigenvalue weighted by Gasteiger charge is -2.37. The number of hydrogen-bond donors (Lipinski definition) is 3. The van der Waals surface area contributed by atoms with Crippen LogP contribution in [0.4, 0.5) is 34.5 Å².